The molecule has 3 aromatic carbocycles. The van der Waals surface area contributed by atoms with Crippen molar-refractivity contribution in [2.75, 3.05) is 46.6 Å². The van der Waals surface area contributed by atoms with Crippen LogP contribution < -0.4 is 0 Å². The van der Waals surface area contributed by atoms with Gasteiger partial charge in [0.15, 0.2) is 6.54 Å². The minimum Gasteiger partial charge on any atom is -0.434 e. The molecule has 0 saturated carbocycles. The van der Waals surface area contributed by atoms with Gasteiger partial charge in [0.2, 0.25) is 6.79 Å². The second kappa shape index (κ2) is 18.1. The van der Waals surface area contributed by atoms with Gasteiger partial charge in [-0.05, 0) is 68.5 Å². The number of unbranched alkanes of at least 4 members (excludes halogenated alkanes) is 1. The molecule has 1 unspecified atom stereocenters. The van der Waals surface area contributed by atoms with E-state index in [2.05, 4.69) is 7.05 Å². The van der Waals surface area contributed by atoms with E-state index in [1.807, 2.05) is 6.07 Å². The number of ether oxygens (including phenoxy) is 3. The molecular formula is C35H42Cl2N4O9+2. The fourth-order valence-corrected chi connectivity index (χ4v) is 6.83. The van der Waals surface area contributed by atoms with Crippen molar-refractivity contribution in [3.63, 3.8) is 0 Å². The average Bonchev–Trinajstić information content (AvgIpc) is 3.07. The Morgan fingerprint density at radius 3 is 2.02 bits per heavy atom. The number of likely N-dealkylation sites (tertiary alicyclic amines) is 1. The number of nitrogens with zero attached hydrogens (tertiary/aromatic N) is 4. The first-order valence-corrected chi connectivity index (χ1v) is 17.2. The van der Waals surface area contributed by atoms with Crippen molar-refractivity contribution in [2.24, 2.45) is 0 Å². The summed E-state index contributed by atoms with van der Waals surface area (Å²) in [4.78, 5) is 46.2. The van der Waals surface area contributed by atoms with Gasteiger partial charge in [0.25, 0.3) is 11.4 Å². The van der Waals surface area contributed by atoms with E-state index < -0.39 is 28.8 Å². The van der Waals surface area contributed by atoms with E-state index in [9.17, 15) is 29.8 Å². The van der Waals surface area contributed by atoms with Crippen LogP contribution in [0.1, 0.15) is 48.8 Å². The molecule has 1 heterocycles. The zero-order valence-corrected chi connectivity index (χ0v) is 29.5. The first-order valence-electron chi connectivity index (χ1n) is 16.4. The summed E-state index contributed by atoms with van der Waals surface area (Å²) < 4.78 is 16.4. The molecule has 0 amide bonds. The topological polar surface area (TPSA) is 148 Å². The number of carbonyl (C=O) groups excluding carboxylic acids is 2. The van der Waals surface area contributed by atoms with Gasteiger partial charge in [0, 0.05) is 46.0 Å². The molecule has 15 heteroatoms. The zero-order valence-electron chi connectivity index (χ0n) is 28.0. The number of nitro groups is 2. The standard InChI is InChI=1S/C35H42Cl2N4O9/c1-40(24-29-11-12-30(36)21-33(29)37,22-27-7-13-31(14-8-27)38(44)45)17-5-6-20-48-35(43)50-26-49-34(42)25-41(18-3-2-4-19-41)23-28-9-15-32(16-10-28)39(46)47/h7-16,21H,2-6,17-20,22-26H2,1H3/q+2. The Hall–Kier alpha value is -4.30. The van der Waals surface area contributed by atoms with Crippen LogP contribution in [0.4, 0.5) is 16.2 Å². The maximum Gasteiger partial charge on any atom is 0.511 e. The molecule has 0 N–H and O–H groups in total. The molecule has 0 spiro atoms. The second-order valence-electron chi connectivity index (χ2n) is 13.0. The fraction of sp³-hybridized carbons (Fsp3) is 0.429. The van der Waals surface area contributed by atoms with Gasteiger partial charge in [-0.1, -0.05) is 29.3 Å². The molecule has 0 aromatic heterocycles. The third kappa shape index (κ3) is 11.9. The summed E-state index contributed by atoms with van der Waals surface area (Å²) >= 11 is 12.6. The van der Waals surface area contributed by atoms with Crippen LogP contribution in [0.15, 0.2) is 66.7 Å². The van der Waals surface area contributed by atoms with Gasteiger partial charge in [-0.25, -0.2) is 9.59 Å². The summed E-state index contributed by atoms with van der Waals surface area (Å²) in [6.45, 7) is 3.55. The van der Waals surface area contributed by atoms with Crippen molar-refractivity contribution in [1.29, 1.82) is 0 Å². The van der Waals surface area contributed by atoms with E-state index in [-0.39, 0.29) is 24.5 Å². The molecule has 1 saturated heterocycles. The Balaban J connectivity index is 1.22. The lowest BCUT2D eigenvalue weighted by Gasteiger charge is -2.40. The molecule has 13 nitrogen and oxygen atoms in total. The highest BCUT2D eigenvalue weighted by Crippen LogP contribution is 2.27. The minimum atomic E-state index is -0.943. The number of benzene rings is 3. The molecule has 1 aliphatic rings. The number of hydrogen-bond donors (Lipinski definition) is 0. The van der Waals surface area contributed by atoms with E-state index >= 15 is 0 Å². The van der Waals surface area contributed by atoms with Crippen LogP contribution in [0.25, 0.3) is 0 Å². The summed E-state index contributed by atoms with van der Waals surface area (Å²) in [5.74, 6) is -0.507. The normalized spacial score (nSPS) is 15.0. The van der Waals surface area contributed by atoms with Gasteiger partial charge in [0.1, 0.15) is 19.6 Å². The predicted octanol–water partition coefficient (Wildman–Crippen LogP) is 7.59. The van der Waals surface area contributed by atoms with E-state index in [0.717, 1.165) is 49.0 Å². The molecule has 1 aliphatic heterocycles. The van der Waals surface area contributed by atoms with Crippen molar-refractivity contribution < 1.29 is 42.6 Å². The van der Waals surface area contributed by atoms with Crippen LogP contribution in [0.5, 0.6) is 0 Å². The molecule has 50 heavy (non-hydrogen) atoms. The van der Waals surface area contributed by atoms with Gasteiger partial charge in [-0.3, -0.25) is 20.2 Å². The lowest BCUT2D eigenvalue weighted by atomic mass is 10.0. The van der Waals surface area contributed by atoms with Crippen LogP contribution in [0.3, 0.4) is 0 Å². The smallest absolute Gasteiger partial charge is 0.434 e. The van der Waals surface area contributed by atoms with Crippen molar-refractivity contribution in [1.82, 2.24) is 0 Å². The number of nitro benzene ring substituents is 2. The van der Waals surface area contributed by atoms with Gasteiger partial charge in [-0.15, -0.1) is 0 Å². The highest BCUT2D eigenvalue weighted by Gasteiger charge is 2.34. The van der Waals surface area contributed by atoms with Gasteiger partial charge in [-0.2, -0.15) is 0 Å². The summed E-state index contributed by atoms with van der Waals surface area (Å²) in [6, 6.07) is 18.2. The van der Waals surface area contributed by atoms with Gasteiger partial charge < -0.3 is 23.2 Å². The predicted molar refractivity (Wildman–Crippen MR) is 186 cm³/mol. The van der Waals surface area contributed by atoms with Crippen LogP contribution >= 0.6 is 23.2 Å². The number of rotatable bonds is 17. The molecular weight excluding hydrogens is 691 g/mol. The number of halogens is 2. The average molecular weight is 734 g/mol. The molecule has 268 valence electrons. The lowest BCUT2D eigenvalue weighted by molar-refractivity contribution is -0.938. The van der Waals surface area contributed by atoms with Crippen molar-refractivity contribution in [2.45, 2.75) is 51.7 Å². The van der Waals surface area contributed by atoms with Crippen LogP contribution in [0, 0.1) is 20.2 Å². The molecule has 3 aromatic rings. The Morgan fingerprint density at radius 2 is 1.42 bits per heavy atom. The summed E-state index contributed by atoms with van der Waals surface area (Å²) in [5, 5.41) is 23.2. The van der Waals surface area contributed by atoms with Crippen molar-refractivity contribution >= 4 is 46.7 Å². The van der Waals surface area contributed by atoms with Crippen LogP contribution in [-0.2, 0) is 38.6 Å². The summed E-state index contributed by atoms with van der Waals surface area (Å²) in [7, 11) is 2.07. The van der Waals surface area contributed by atoms with Crippen LogP contribution in [0.2, 0.25) is 10.0 Å². The Morgan fingerprint density at radius 1 is 0.800 bits per heavy atom. The molecule has 1 fully saturated rings. The SMILES string of the molecule is C[N+](CCCCOC(=O)OCOC(=O)C[N+]1(Cc2ccc([N+](=O)[O-])cc2)CCCCC1)(Cc1ccc([N+](=O)[O-])cc1)Cc1ccc(Cl)cc1Cl. The number of piperidine rings is 1. The van der Waals surface area contributed by atoms with E-state index in [1.165, 1.54) is 24.3 Å². The Bertz CT molecular complexity index is 1630. The van der Waals surface area contributed by atoms with E-state index in [0.29, 0.717) is 58.0 Å². The lowest BCUT2D eigenvalue weighted by Crippen LogP contribution is -2.53. The number of non-ortho nitro benzene ring substituents is 2. The van der Waals surface area contributed by atoms with Crippen molar-refractivity contribution in [3.05, 3.63) is 114 Å². The largest absolute Gasteiger partial charge is 0.511 e. The maximum atomic E-state index is 12.8. The third-order valence-electron chi connectivity index (χ3n) is 8.88. The Kier molecular flexibility index (Phi) is 13.9. The number of carbonyl (C=O) groups is 2. The quantitative estimate of drug-likeness (QED) is 0.0342. The Labute approximate surface area is 300 Å². The molecule has 0 aliphatic carbocycles. The second-order valence-corrected chi connectivity index (χ2v) is 13.8. The zero-order chi connectivity index (χ0) is 36.1. The maximum absolute atomic E-state index is 12.8. The van der Waals surface area contributed by atoms with Gasteiger partial charge >= 0.3 is 12.1 Å². The number of esters is 1. The highest BCUT2D eigenvalue weighted by atomic mass is 35.5. The molecule has 0 radical (unpaired) electrons. The molecule has 1 atom stereocenters. The minimum absolute atomic E-state index is 0.0132. The van der Waals surface area contributed by atoms with Crippen LogP contribution in [-0.4, -0.2) is 77.6 Å². The third-order valence-corrected chi connectivity index (χ3v) is 9.47. The number of hydrogen-bond acceptors (Lipinski definition) is 9. The first kappa shape index (κ1) is 38.5. The van der Waals surface area contributed by atoms with E-state index in [4.69, 9.17) is 37.4 Å². The van der Waals surface area contributed by atoms with E-state index in [1.54, 1.807) is 36.4 Å². The van der Waals surface area contributed by atoms with Gasteiger partial charge in [0.05, 0.1) is 48.2 Å². The number of quaternary nitrogens is 2. The first-order chi connectivity index (χ1) is 23.9. The monoisotopic (exact) mass is 732 g/mol. The molecule has 4 rings (SSSR count). The van der Waals surface area contributed by atoms with Crippen molar-refractivity contribution in [3.8, 4) is 0 Å². The highest BCUT2D eigenvalue weighted by molar-refractivity contribution is 6.35. The molecule has 0 bridgehead atoms. The fourth-order valence-electron chi connectivity index (χ4n) is 6.36. The summed E-state index contributed by atoms with van der Waals surface area (Å²) in [5.41, 5.74) is 2.77. The summed E-state index contributed by atoms with van der Waals surface area (Å²) in [6.07, 6.45) is 3.26.